The molecule has 53 heavy (non-hydrogen) atoms. The molecule has 0 aliphatic rings. The summed E-state index contributed by atoms with van der Waals surface area (Å²) in [7, 11) is 0. The molecule has 2 heterocycles. The number of anilines is 3. The Morgan fingerprint density at radius 1 is 0.302 bits per heavy atom. The van der Waals surface area contributed by atoms with Crippen LogP contribution in [-0.4, -0.2) is 0 Å². The van der Waals surface area contributed by atoms with Gasteiger partial charge in [-0.25, -0.2) is 0 Å². The number of hydrogen-bond acceptors (Lipinski definition) is 3. The quantitative estimate of drug-likeness (QED) is 0.170. The van der Waals surface area contributed by atoms with Gasteiger partial charge in [0.2, 0.25) is 0 Å². The van der Waals surface area contributed by atoms with Crippen LogP contribution in [0.15, 0.2) is 197 Å². The summed E-state index contributed by atoms with van der Waals surface area (Å²) in [6.07, 6.45) is 0. The predicted octanol–water partition coefficient (Wildman–Crippen LogP) is 14.6. The second kappa shape index (κ2) is 11.7. The normalized spacial score (nSPS) is 11.8. The molecule has 0 aliphatic heterocycles. The molecule has 0 spiro atoms. The first-order valence-electron chi connectivity index (χ1n) is 18.0. The molecule has 0 amide bonds. The molecule has 248 valence electrons. The van der Waals surface area contributed by atoms with Crippen molar-refractivity contribution in [2.75, 3.05) is 4.90 Å². The van der Waals surface area contributed by atoms with Gasteiger partial charge < -0.3 is 13.7 Å². The highest BCUT2D eigenvalue weighted by atomic mass is 16.3. The van der Waals surface area contributed by atoms with Crippen LogP contribution < -0.4 is 4.90 Å². The summed E-state index contributed by atoms with van der Waals surface area (Å²) in [5, 5.41) is 9.09. The van der Waals surface area contributed by atoms with Gasteiger partial charge in [0.15, 0.2) is 5.58 Å². The maximum Gasteiger partial charge on any atom is 0.159 e. The lowest BCUT2D eigenvalue weighted by atomic mass is 9.96. The van der Waals surface area contributed by atoms with Crippen molar-refractivity contribution in [1.82, 2.24) is 0 Å². The summed E-state index contributed by atoms with van der Waals surface area (Å²) in [6, 6.07) is 66.6. The molecule has 2 aromatic heterocycles. The van der Waals surface area contributed by atoms with Crippen molar-refractivity contribution >= 4 is 82.5 Å². The van der Waals surface area contributed by atoms with Gasteiger partial charge in [0, 0.05) is 27.1 Å². The van der Waals surface area contributed by atoms with Crippen LogP contribution in [0.5, 0.6) is 0 Å². The van der Waals surface area contributed by atoms with E-state index < -0.39 is 0 Å². The molecule has 0 unspecified atom stereocenters. The van der Waals surface area contributed by atoms with E-state index in [1.165, 1.54) is 27.3 Å². The molecule has 0 radical (unpaired) electrons. The summed E-state index contributed by atoms with van der Waals surface area (Å²) in [6.45, 7) is 0. The lowest BCUT2D eigenvalue weighted by molar-refractivity contribution is 0.668. The molecule has 9 aromatic carbocycles. The van der Waals surface area contributed by atoms with Crippen LogP contribution in [-0.2, 0) is 0 Å². The van der Waals surface area contributed by atoms with Crippen LogP contribution in [0, 0.1) is 0 Å². The van der Waals surface area contributed by atoms with E-state index in [0.717, 1.165) is 77.5 Å². The van der Waals surface area contributed by atoms with Gasteiger partial charge in [-0.05, 0) is 69.2 Å². The summed E-state index contributed by atoms with van der Waals surface area (Å²) in [5.41, 5.74) is 11.0. The monoisotopic (exact) mass is 677 g/mol. The first-order valence-corrected chi connectivity index (χ1v) is 18.0. The van der Waals surface area contributed by atoms with Gasteiger partial charge in [-0.1, -0.05) is 152 Å². The molecule has 11 rings (SSSR count). The first-order chi connectivity index (χ1) is 26.3. The van der Waals surface area contributed by atoms with E-state index in [1.807, 2.05) is 18.2 Å². The molecule has 0 atom stereocenters. The van der Waals surface area contributed by atoms with Gasteiger partial charge in [-0.3, -0.25) is 0 Å². The third-order valence-electron chi connectivity index (χ3n) is 10.7. The molecule has 0 bridgehead atoms. The second-order valence-corrected chi connectivity index (χ2v) is 13.6. The predicted molar refractivity (Wildman–Crippen MR) is 222 cm³/mol. The smallest absolute Gasteiger partial charge is 0.159 e. The Kier molecular flexibility index (Phi) is 6.55. The summed E-state index contributed by atoms with van der Waals surface area (Å²) >= 11 is 0. The van der Waals surface area contributed by atoms with E-state index in [4.69, 9.17) is 8.83 Å². The van der Waals surface area contributed by atoms with Crippen LogP contribution in [0.1, 0.15) is 0 Å². The Hall–Kier alpha value is -7.10. The molecular weight excluding hydrogens is 647 g/mol. The van der Waals surface area contributed by atoms with Crippen LogP contribution in [0.3, 0.4) is 0 Å². The highest BCUT2D eigenvalue weighted by Gasteiger charge is 2.26. The highest BCUT2D eigenvalue weighted by Crippen LogP contribution is 2.50. The Bertz CT molecular complexity index is 3170. The number of nitrogens with zero attached hydrogens (tertiary/aromatic N) is 1. The number of furan rings is 2. The molecule has 0 fully saturated rings. The number of fused-ring (bicyclic) bond motifs is 9. The summed E-state index contributed by atoms with van der Waals surface area (Å²) < 4.78 is 13.6. The minimum absolute atomic E-state index is 0.841. The molecule has 0 N–H and O–H groups in total. The fourth-order valence-corrected chi connectivity index (χ4v) is 8.21. The third-order valence-corrected chi connectivity index (χ3v) is 10.7. The van der Waals surface area contributed by atoms with E-state index in [2.05, 4.69) is 175 Å². The van der Waals surface area contributed by atoms with Gasteiger partial charge >= 0.3 is 0 Å². The van der Waals surface area contributed by atoms with E-state index in [1.54, 1.807) is 0 Å². The van der Waals surface area contributed by atoms with Crippen LogP contribution >= 0.6 is 0 Å². The molecule has 11 aromatic rings. The highest BCUT2D eigenvalue weighted by molar-refractivity contribution is 6.21. The Labute approximate surface area is 305 Å². The molecule has 0 saturated heterocycles. The van der Waals surface area contributed by atoms with Crippen molar-refractivity contribution in [2.45, 2.75) is 0 Å². The van der Waals surface area contributed by atoms with Crippen LogP contribution in [0.25, 0.3) is 87.7 Å². The Balaban J connectivity index is 1.22. The van der Waals surface area contributed by atoms with Gasteiger partial charge in [0.05, 0.1) is 22.4 Å². The first kappa shape index (κ1) is 29.6. The topological polar surface area (TPSA) is 29.5 Å². The lowest BCUT2D eigenvalue weighted by Gasteiger charge is -2.28. The minimum Gasteiger partial charge on any atom is -0.455 e. The maximum absolute atomic E-state index is 6.85. The third kappa shape index (κ3) is 4.61. The van der Waals surface area contributed by atoms with Crippen molar-refractivity contribution in [3.63, 3.8) is 0 Å². The zero-order valence-electron chi connectivity index (χ0n) is 28.7. The van der Waals surface area contributed by atoms with Crippen molar-refractivity contribution in [2.24, 2.45) is 0 Å². The zero-order chi connectivity index (χ0) is 34.9. The van der Waals surface area contributed by atoms with Crippen molar-refractivity contribution in [3.05, 3.63) is 188 Å². The molecule has 3 nitrogen and oxygen atoms in total. The van der Waals surface area contributed by atoms with E-state index in [9.17, 15) is 0 Å². The van der Waals surface area contributed by atoms with E-state index in [0.29, 0.717) is 0 Å². The Morgan fingerprint density at radius 3 is 1.74 bits per heavy atom. The minimum atomic E-state index is 0.841. The van der Waals surface area contributed by atoms with Crippen molar-refractivity contribution < 1.29 is 8.83 Å². The lowest BCUT2D eigenvalue weighted by Crippen LogP contribution is -2.11. The van der Waals surface area contributed by atoms with Crippen molar-refractivity contribution in [1.29, 1.82) is 0 Å². The maximum atomic E-state index is 6.85. The van der Waals surface area contributed by atoms with E-state index >= 15 is 0 Å². The number of hydrogen-bond donors (Lipinski definition) is 0. The zero-order valence-corrected chi connectivity index (χ0v) is 28.7. The Morgan fingerprint density at radius 2 is 0.906 bits per heavy atom. The van der Waals surface area contributed by atoms with Crippen LogP contribution in [0.2, 0.25) is 0 Å². The summed E-state index contributed by atoms with van der Waals surface area (Å²) in [5.74, 6) is 0. The SMILES string of the molecule is c1ccc(-c2ccc(-c3ccc(N(c4cccc5c4ccc4ccccc45)c4cccc5c4oc4ccccc45)c4c3oc3ccccc34)cc2)cc1. The largest absolute Gasteiger partial charge is 0.455 e. The standard InChI is InChI=1S/C50H31NO2/c1-2-12-32(13-3-1)33-24-26-35(27-25-33)37-30-31-44(48-42-17-7-9-23-47(42)53-50(37)48)51(45-21-11-19-41-40-16-6-8-22-46(40)52-49(41)45)43-20-10-18-38-36-15-5-4-14-34(36)28-29-39(38)43/h1-31H. The average Bonchev–Trinajstić information content (AvgIpc) is 3.81. The van der Waals surface area contributed by atoms with Crippen molar-refractivity contribution in [3.8, 4) is 22.3 Å². The average molecular weight is 678 g/mol. The van der Waals surface area contributed by atoms with Gasteiger partial charge in [0.25, 0.3) is 0 Å². The molecule has 0 saturated carbocycles. The molecular formula is C50H31NO2. The van der Waals surface area contributed by atoms with E-state index in [-0.39, 0.29) is 0 Å². The fourth-order valence-electron chi connectivity index (χ4n) is 8.21. The van der Waals surface area contributed by atoms with Crippen LogP contribution in [0.4, 0.5) is 17.1 Å². The molecule has 3 heteroatoms. The molecule has 0 aliphatic carbocycles. The van der Waals surface area contributed by atoms with Gasteiger partial charge in [0.1, 0.15) is 16.7 Å². The summed E-state index contributed by atoms with van der Waals surface area (Å²) in [4.78, 5) is 2.38. The second-order valence-electron chi connectivity index (χ2n) is 13.6. The fraction of sp³-hybridized carbons (Fsp3) is 0. The van der Waals surface area contributed by atoms with Gasteiger partial charge in [-0.2, -0.15) is 0 Å². The van der Waals surface area contributed by atoms with Gasteiger partial charge in [-0.15, -0.1) is 0 Å². The number of para-hydroxylation sites is 3. The number of benzene rings is 9. The number of rotatable bonds is 5.